The minimum atomic E-state index is 0.898. The van der Waals surface area contributed by atoms with E-state index < -0.39 is 0 Å². The molecule has 0 spiro atoms. The Kier molecular flexibility index (Phi) is 5.99. The fourth-order valence-corrected chi connectivity index (χ4v) is 5.86. The summed E-state index contributed by atoms with van der Waals surface area (Å²) in [5.74, 6) is 1.89. The Morgan fingerprint density at radius 3 is 1.81 bits per heavy atom. The van der Waals surface area contributed by atoms with Crippen molar-refractivity contribution in [2.45, 2.75) is 71.6 Å². The predicted octanol–water partition coefficient (Wildman–Crippen LogP) is 8.17. The van der Waals surface area contributed by atoms with E-state index >= 15 is 0 Å². The highest BCUT2D eigenvalue weighted by Gasteiger charge is 2.22. The fourth-order valence-electron chi connectivity index (χ4n) is 5.86. The first-order valence-corrected chi connectivity index (χ1v) is 12.5. The maximum atomic E-state index is 2.52. The summed E-state index contributed by atoms with van der Waals surface area (Å²) in [7, 11) is 0. The molecule has 0 radical (unpaired) electrons. The zero-order chi connectivity index (χ0) is 21.2. The Morgan fingerprint density at radius 2 is 1.16 bits per heavy atom. The molecular formula is C31H36. The summed E-state index contributed by atoms with van der Waals surface area (Å²) < 4.78 is 0. The number of fused-ring (bicyclic) bond motifs is 3. The first-order chi connectivity index (χ1) is 15.2. The Bertz CT molecular complexity index is 1030. The van der Waals surface area contributed by atoms with Crippen molar-refractivity contribution in [3.05, 3.63) is 94.0 Å². The highest BCUT2D eigenvalue weighted by atomic mass is 14.3. The van der Waals surface area contributed by atoms with Gasteiger partial charge in [0.1, 0.15) is 0 Å². The molecule has 3 aromatic carbocycles. The van der Waals surface area contributed by atoms with Crippen molar-refractivity contribution in [3.8, 4) is 11.1 Å². The van der Waals surface area contributed by atoms with Crippen LogP contribution >= 0.6 is 0 Å². The lowest BCUT2D eigenvalue weighted by Crippen LogP contribution is -2.15. The standard InChI is InChI=1S/C31H36/c1-3-22-5-9-24(10-6-22)17-26-13-15-30-28(19-26)21-29-20-27(14-16-31(29)30)18-25-11-7-23(4-2)8-12-25/h5-6,9-10,13-16,19-20,23,25H,3-4,7-8,11-12,17-18,21H2,1-2H3. The fraction of sp³-hybridized carbons (Fsp3) is 0.419. The van der Waals surface area contributed by atoms with E-state index in [-0.39, 0.29) is 0 Å². The van der Waals surface area contributed by atoms with Gasteiger partial charge >= 0.3 is 0 Å². The van der Waals surface area contributed by atoms with Gasteiger partial charge in [0.05, 0.1) is 0 Å². The smallest absolute Gasteiger partial charge is 0.00133 e. The molecule has 2 aliphatic rings. The van der Waals surface area contributed by atoms with Gasteiger partial charge in [0.15, 0.2) is 0 Å². The lowest BCUT2D eigenvalue weighted by Gasteiger charge is -2.28. The maximum absolute atomic E-state index is 2.52. The van der Waals surface area contributed by atoms with E-state index in [2.05, 4.69) is 74.5 Å². The van der Waals surface area contributed by atoms with Gasteiger partial charge in [-0.1, -0.05) is 93.8 Å². The zero-order valence-corrected chi connectivity index (χ0v) is 19.3. The second-order valence-electron chi connectivity index (χ2n) is 10.0. The van der Waals surface area contributed by atoms with Crippen molar-refractivity contribution in [3.63, 3.8) is 0 Å². The minimum absolute atomic E-state index is 0.898. The SMILES string of the molecule is CCc1ccc(Cc2ccc3c(c2)Cc2cc(CC4CCC(CC)CC4)ccc2-3)cc1. The van der Waals surface area contributed by atoms with Gasteiger partial charge in [-0.2, -0.15) is 0 Å². The average molecular weight is 409 g/mol. The van der Waals surface area contributed by atoms with E-state index in [1.165, 1.54) is 71.9 Å². The van der Waals surface area contributed by atoms with Gasteiger partial charge in [-0.3, -0.25) is 0 Å². The summed E-state index contributed by atoms with van der Waals surface area (Å²) in [6.45, 7) is 4.58. The van der Waals surface area contributed by atoms with E-state index in [9.17, 15) is 0 Å². The summed E-state index contributed by atoms with van der Waals surface area (Å²) in [4.78, 5) is 0. The van der Waals surface area contributed by atoms with Crippen LogP contribution in [0, 0.1) is 11.8 Å². The monoisotopic (exact) mass is 408 g/mol. The van der Waals surface area contributed by atoms with Gasteiger partial charge in [-0.15, -0.1) is 0 Å². The lowest BCUT2D eigenvalue weighted by molar-refractivity contribution is 0.268. The second-order valence-corrected chi connectivity index (χ2v) is 10.0. The molecule has 0 heterocycles. The first kappa shape index (κ1) is 20.6. The van der Waals surface area contributed by atoms with Crippen molar-refractivity contribution in [2.75, 3.05) is 0 Å². The lowest BCUT2D eigenvalue weighted by atomic mass is 9.78. The van der Waals surface area contributed by atoms with E-state index in [1.807, 2.05) is 0 Å². The van der Waals surface area contributed by atoms with Gasteiger partial charge in [0.2, 0.25) is 0 Å². The van der Waals surface area contributed by atoms with Crippen LogP contribution in [-0.2, 0) is 25.7 Å². The molecule has 0 bridgehead atoms. The molecule has 0 heteroatoms. The molecule has 160 valence electrons. The van der Waals surface area contributed by atoms with Gasteiger partial charge in [-0.05, 0) is 94.9 Å². The first-order valence-electron chi connectivity index (χ1n) is 12.5. The van der Waals surface area contributed by atoms with Crippen molar-refractivity contribution < 1.29 is 0 Å². The van der Waals surface area contributed by atoms with Crippen LogP contribution in [0.2, 0.25) is 0 Å². The number of rotatable bonds is 6. The molecule has 31 heavy (non-hydrogen) atoms. The van der Waals surface area contributed by atoms with Gasteiger partial charge in [0.25, 0.3) is 0 Å². The van der Waals surface area contributed by atoms with E-state index in [4.69, 9.17) is 0 Å². The van der Waals surface area contributed by atoms with Crippen molar-refractivity contribution in [2.24, 2.45) is 11.8 Å². The van der Waals surface area contributed by atoms with Crippen LogP contribution in [0.3, 0.4) is 0 Å². The molecule has 0 aromatic heterocycles. The van der Waals surface area contributed by atoms with Crippen LogP contribution in [0.15, 0.2) is 60.7 Å². The molecule has 0 nitrogen and oxygen atoms in total. The van der Waals surface area contributed by atoms with Crippen LogP contribution in [-0.4, -0.2) is 0 Å². The molecule has 0 saturated heterocycles. The van der Waals surface area contributed by atoms with Crippen LogP contribution in [0.25, 0.3) is 11.1 Å². The molecule has 3 aromatic rings. The molecule has 0 atom stereocenters. The Hall–Kier alpha value is -2.34. The molecule has 2 aliphatic carbocycles. The summed E-state index contributed by atoms with van der Waals surface area (Å²) in [6, 6.07) is 23.6. The van der Waals surface area contributed by atoms with Gasteiger partial charge < -0.3 is 0 Å². The largest absolute Gasteiger partial charge is 0.0651 e. The molecule has 0 N–H and O–H groups in total. The topological polar surface area (TPSA) is 0 Å². The van der Waals surface area contributed by atoms with E-state index in [0.717, 1.165) is 31.1 Å². The third-order valence-corrected chi connectivity index (χ3v) is 7.92. The number of aryl methyl sites for hydroxylation is 1. The number of benzene rings is 3. The average Bonchev–Trinajstić information content (AvgIpc) is 3.17. The number of hydrogen-bond donors (Lipinski definition) is 0. The zero-order valence-electron chi connectivity index (χ0n) is 19.3. The minimum Gasteiger partial charge on any atom is -0.0651 e. The number of hydrogen-bond acceptors (Lipinski definition) is 0. The third kappa shape index (κ3) is 4.49. The van der Waals surface area contributed by atoms with Crippen molar-refractivity contribution >= 4 is 0 Å². The summed E-state index contributed by atoms with van der Waals surface area (Å²) in [6.07, 6.45) is 11.6. The molecule has 0 aliphatic heterocycles. The highest BCUT2D eigenvalue weighted by molar-refractivity contribution is 5.77. The van der Waals surface area contributed by atoms with Gasteiger partial charge in [-0.25, -0.2) is 0 Å². The van der Waals surface area contributed by atoms with Crippen molar-refractivity contribution in [1.82, 2.24) is 0 Å². The normalized spacial score (nSPS) is 19.8. The maximum Gasteiger partial charge on any atom is -0.00133 e. The molecule has 0 unspecified atom stereocenters. The summed E-state index contributed by atoms with van der Waals surface area (Å²) in [5, 5.41) is 0. The van der Waals surface area contributed by atoms with Crippen molar-refractivity contribution in [1.29, 1.82) is 0 Å². The molecule has 5 rings (SSSR count). The van der Waals surface area contributed by atoms with E-state index in [1.54, 1.807) is 11.1 Å². The van der Waals surface area contributed by atoms with Crippen LogP contribution in [0.1, 0.15) is 79.3 Å². The Labute approximate surface area is 188 Å². The predicted molar refractivity (Wildman–Crippen MR) is 133 cm³/mol. The molecule has 0 amide bonds. The van der Waals surface area contributed by atoms with Crippen LogP contribution < -0.4 is 0 Å². The molecule has 1 saturated carbocycles. The molecular weight excluding hydrogens is 372 g/mol. The third-order valence-electron chi connectivity index (χ3n) is 7.92. The van der Waals surface area contributed by atoms with Gasteiger partial charge in [0, 0.05) is 0 Å². The Morgan fingerprint density at radius 1 is 0.613 bits per heavy atom. The van der Waals surface area contributed by atoms with Crippen LogP contribution in [0.5, 0.6) is 0 Å². The van der Waals surface area contributed by atoms with Crippen LogP contribution in [0.4, 0.5) is 0 Å². The quantitative estimate of drug-likeness (QED) is 0.302. The Balaban J connectivity index is 1.27. The van der Waals surface area contributed by atoms with E-state index in [0.29, 0.717) is 0 Å². The second kappa shape index (κ2) is 9.03. The molecule has 1 fully saturated rings. The summed E-state index contributed by atoms with van der Waals surface area (Å²) in [5.41, 5.74) is 11.8. The highest BCUT2D eigenvalue weighted by Crippen LogP contribution is 2.39. The summed E-state index contributed by atoms with van der Waals surface area (Å²) >= 11 is 0.